The summed E-state index contributed by atoms with van der Waals surface area (Å²) >= 11 is 6.50. The highest BCUT2D eigenvalue weighted by Gasteiger charge is 2.39. The molecule has 8 nitrogen and oxygen atoms in total. The van der Waals surface area contributed by atoms with Gasteiger partial charge in [0, 0.05) is 18.7 Å². The third-order valence-corrected chi connectivity index (χ3v) is 6.86. The second kappa shape index (κ2) is 11.7. The smallest absolute Gasteiger partial charge is 0.329 e. The number of cyclic esters (lactones) is 1. The Hall–Kier alpha value is -3.88. The number of para-hydroxylation sites is 1. The lowest BCUT2D eigenvalue weighted by Crippen LogP contribution is -2.46. The van der Waals surface area contributed by atoms with Crippen molar-refractivity contribution >= 4 is 35.1 Å². The fourth-order valence-corrected chi connectivity index (χ4v) is 4.86. The molecule has 1 fully saturated rings. The Balaban J connectivity index is 1.26. The molecule has 2 aliphatic rings. The summed E-state index contributed by atoms with van der Waals surface area (Å²) in [6, 6.07) is 21.3. The molecule has 2 aliphatic heterocycles. The fraction of sp³-hybridized carbons (Fsp3) is 0.276. The van der Waals surface area contributed by atoms with E-state index < -0.39 is 17.9 Å². The van der Waals surface area contributed by atoms with Crippen LogP contribution >= 0.6 is 11.6 Å². The summed E-state index contributed by atoms with van der Waals surface area (Å²) in [5.74, 6) is -0.651. The third kappa shape index (κ3) is 5.66. The quantitative estimate of drug-likeness (QED) is 0.317. The number of esters is 1. The Morgan fingerprint density at radius 3 is 2.53 bits per heavy atom. The normalized spacial score (nSPS) is 17.1. The number of carbonyl (C=O) groups is 3. The van der Waals surface area contributed by atoms with E-state index in [-0.39, 0.29) is 36.2 Å². The van der Waals surface area contributed by atoms with Crippen molar-refractivity contribution in [3.05, 3.63) is 94.5 Å². The van der Waals surface area contributed by atoms with Crippen molar-refractivity contribution in [1.82, 2.24) is 4.90 Å². The molecule has 2 amide bonds. The molecule has 0 spiro atoms. The highest BCUT2D eigenvalue weighted by atomic mass is 35.5. The Morgan fingerprint density at radius 1 is 0.974 bits per heavy atom. The molecule has 1 atom stereocenters. The van der Waals surface area contributed by atoms with Crippen LogP contribution in [0.4, 0.5) is 5.69 Å². The largest absolute Gasteiger partial charge is 0.491 e. The molecule has 0 aromatic heterocycles. The van der Waals surface area contributed by atoms with Crippen molar-refractivity contribution in [1.29, 1.82) is 0 Å². The summed E-state index contributed by atoms with van der Waals surface area (Å²) < 4.78 is 16.5. The number of amides is 2. The minimum Gasteiger partial charge on any atom is -0.491 e. The van der Waals surface area contributed by atoms with E-state index in [1.165, 1.54) is 9.80 Å². The molecule has 1 saturated heterocycles. The first-order valence-electron chi connectivity index (χ1n) is 12.4. The summed E-state index contributed by atoms with van der Waals surface area (Å²) in [5.41, 5.74) is 2.69. The zero-order valence-electron chi connectivity index (χ0n) is 20.7. The van der Waals surface area contributed by atoms with Crippen LogP contribution in [-0.4, -0.2) is 55.1 Å². The predicted octanol–water partition coefficient (Wildman–Crippen LogP) is 4.24. The molecular weight excluding hydrogens is 508 g/mol. The summed E-state index contributed by atoms with van der Waals surface area (Å²) in [4.78, 5) is 42.0. The van der Waals surface area contributed by atoms with Crippen LogP contribution in [0.25, 0.3) is 0 Å². The van der Waals surface area contributed by atoms with Crippen LogP contribution in [0.5, 0.6) is 5.75 Å². The Morgan fingerprint density at radius 2 is 1.76 bits per heavy atom. The molecular formula is C29H27ClN2O6. The highest BCUT2D eigenvalue weighted by Crippen LogP contribution is 2.31. The molecule has 1 unspecified atom stereocenters. The minimum absolute atomic E-state index is 0.211. The van der Waals surface area contributed by atoms with Gasteiger partial charge >= 0.3 is 5.97 Å². The lowest BCUT2D eigenvalue weighted by atomic mass is 10.1. The standard InChI is InChI=1S/C29H27ClN2O6/c30-24-16-22(37-15-14-36-19-20-6-2-1-3-7-20)10-11-23(24)28(34)32-18-27(33)31(26-12-13-38-29(26)35)17-21-8-4-5-9-25(21)32/h1-11,16,26H,12-15,17-19H2. The highest BCUT2D eigenvalue weighted by molar-refractivity contribution is 6.34. The topological polar surface area (TPSA) is 85.4 Å². The lowest BCUT2D eigenvalue weighted by molar-refractivity contribution is -0.147. The number of rotatable bonds is 8. The number of anilines is 1. The molecule has 3 aromatic carbocycles. The molecule has 0 radical (unpaired) electrons. The SMILES string of the molecule is O=C1OCCC1N1Cc2ccccc2N(C(=O)c2ccc(OCCOCc3ccccc3)cc2Cl)CC1=O. The van der Waals surface area contributed by atoms with Crippen molar-refractivity contribution in [3.63, 3.8) is 0 Å². The van der Waals surface area contributed by atoms with Gasteiger partial charge in [-0.15, -0.1) is 0 Å². The average molecular weight is 535 g/mol. The van der Waals surface area contributed by atoms with Crippen molar-refractivity contribution in [2.45, 2.75) is 25.6 Å². The van der Waals surface area contributed by atoms with E-state index in [9.17, 15) is 14.4 Å². The first-order chi connectivity index (χ1) is 18.5. The summed E-state index contributed by atoms with van der Waals surface area (Å²) in [6.45, 7) is 1.49. The van der Waals surface area contributed by atoms with Crippen LogP contribution in [0.2, 0.25) is 5.02 Å². The first-order valence-corrected chi connectivity index (χ1v) is 12.8. The molecule has 2 heterocycles. The van der Waals surface area contributed by atoms with E-state index in [0.717, 1.165) is 11.1 Å². The van der Waals surface area contributed by atoms with Gasteiger partial charge < -0.3 is 19.1 Å². The number of carbonyl (C=O) groups excluding carboxylic acids is 3. The minimum atomic E-state index is -0.651. The van der Waals surface area contributed by atoms with E-state index in [1.807, 2.05) is 48.5 Å². The van der Waals surface area contributed by atoms with Crippen LogP contribution in [0.3, 0.4) is 0 Å². The van der Waals surface area contributed by atoms with Crippen LogP contribution in [0, 0.1) is 0 Å². The van der Waals surface area contributed by atoms with E-state index in [1.54, 1.807) is 24.3 Å². The average Bonchev–Trinajstić information content (AvgIpc) is 3.29. The molecule has 5 rings (SSSR count). The van der Waals surface area contributed by atoms with Crippen LogP contribution < -0.4 is 9.64 Å². The fourth-order valence-electron chi connectivity index (χ4n) is 4.61. The zero-order valence-corrected chi connectivity index (χ0v) is 21.4. The molecule has 0 N–H and O–H groups in total. The van der Waals surface area contributed by atoms with E-state index in [0.29, 0.717) is 37.7 Å². The Labute approximate surface area is 225 Å². The van der Waals surface area contributed by atoms with E-state index in [4.69, 9.17) is 25.8 Å². The van der Waals surface area contributed by atoms with Gasteiger partial charge in [0.05, 0.1) is 30.4 Å². The maximum atomic E-state index is 13.6. The van der Waals surface area contributed by atoms with Gasteiger partial charge in [-0.05, 0) is 35.4 Å². The number of hydrogen-bond acceptors (Lipinski definition) is 6. The molecule has 0 aliphatic carbocycles. The van der Waals surface area contributed by atoms with Crippen molar-refractivity contribution in [3.8, 4) is 5.75 Å². The van der Waals surface area contributed by atoms with Gasteiger partial charge in [0.1, 0.15) is 24.9 Å². The first kappa shape index (κ1) is 25.8. The second-order valence-corrected chi connectivity index (χ2v) is 9.45. The molecule has 9 heteroatoms. The monoisotopic (exact) mass is 534 g/mol. The zero-order chi connectivity index (χ0) is 26.5. The van der Waals surface area contributed by atoms with Crippen LogP contribution in [0.15, 0.2) is 72.8 Å². The van der Waals surface area contributed by atoms with Gasteiger partial charge in [0.2, 0.25) is 5.91 Å². The van der Waals surface area contributed by atoms with Crippen molar-refractivity contribution in [2.75, 3.05) is 31.3 Å². The van der Waals surface area contributed by atoms with E-state index >= 15 is 0 Å². The van der Waals surface area contributed by atoms with Gasteiger partial charge in [-0.3, -0.25) is 14.5 Å². The maximum absolute atomic E-state index is 13.6. The summed E-state index contributed by atoms with van der Waals surface area (Å²) in [6.07, 6.45) is 0.436. The number of halogens is 1. The van der Waals surface area contributed by atoms with Crippen LogP contribution in [0.1, 0.15) is 27.9 Å². The molecule has 0 saturated carbocycles. The molecule has 0 bridgehead atoms. The van der Waals surface area contributed by atoms with Gasteiger partial charge in [-0.2, -0.15) is 0 Å². The summed E-state index contributed by atoms with van der Waals surface area (Å²) in [5, 5.41) is 0.211. The number of benzene rings is 3. The molecule has 3 aromatic rings. The Kier molecular flexibility index (Phi) is 7.91. The van der Waals surface area contributed by atoms with Crippen LogP contribution in [-0.2, 0) is 32.2 Å². The van der Waals surface area contributed by atoms with Gasteiger partial charge in [0.15, 0.2) is 0 Å². The maximum Gasteiger partial charge on any atom is 0.329 e. The van der Waals surface area contributed by atoms with Crippen molar-refractivity contribution < 1.29 is 28.6 Å². The molecule has 196 valence electrons. The summed E-state index contributed by atoms with van der Waals surface area (Å²) in [7, 11) is 0. The van der Waals surface area contributed by atoms with Gasteiger partial charge in [-0.25, -0.2) is 4.79 Å². The number of fused-ring (bicyclic) bond motifs is 1. The number of hydrogen-bond donors (Lipinski definition) is 0. The predicted molar refractivity (Wildman–Crippen MR) is 141 cm³/mol. The Bertz CT molecular complexity index is 1330. The second-order valence-electron chi connectivity index (χ2n) is 9.04. The van der Waals surface area contributed by atoms with E-state index in [2.05, 4.69) is 0 Å². The number of ether oxygens (including phenoxy) is 3. The molecule has 38 heavy (non-hydrogen) atoms. The number of nitrogens with zero attached hydrogens (tertiary/aromatic N) is 2. The van der Waals surface area contributed by atoms with Crippen molar-refractivity contribution in [2.24, 2.45) is 0 Å². The third-order valence-electron chi connectivity index (χ3n) is 6.54. The van der Waals surface area contributed by atoms with Gasteiger partial charge in [-0.1, -0.05) is 60.1 Å². The lowest BCUT2D eigenvalue weighted by Gasteiger charge is -2.25. The van der Waals surface area contributed by atoms with Gasteiger partial charge in [0.25, 0.3) is 5.91 Å².